The van der Waals surface area contributed by atoms with E-state index >= 15 is 0 Å². The number of nitrogens with zero attached hydrogens (tertiary/aromatic N) is 2. The molecule has 0 spiro atoms. The first kappa shape index (κ1) is 26.5. The molecule has 0 aliphatic heterocycles. The number of aromatic nitrogens is 2. The van der Waals surface area contributed by atoms with Crippen LogP contribution in [-0.2, 0) is 6.42 Å². The summed E-state index contributed by atoms with van der Waals surface area (Å²) in [5.74, 6) is 2.94. The van der Waals surface area contributed by atoms with Gasteiger partial charge < -0.3 is 0 Å². The standard InChI is InChI=1S/C33H36N2O.C2H6.H2/c1-21-14-25(10-13-30(21)26-11-8-24(9-12-26)15-23-6-7-23)16-29-18-28(31-20-34-19-22(2)35-31)17-27-4-3-5-32(36)33(27)29;1-2;/h3-4,10,13-14,17-20,23-24,26H,5-9,11-12,15-16H2,1-2H3;1-2H3;1H. The highest BCUT2D eigenvalue weighted by Crippen LogP contribution is 2.44. The summed E-state index contributed by atoms with van der Waals surface area (Å²) >= 11 is 0. The van der Waals surface area contributed by atoms with Crippen LogP contribution >= 0.6 is 0 Å². The van der Waals surface area contributed by atoms with Crippen molar-refractivity contribution in [3.63, 3.8) is 0 Å². The Morgan fingerprint density at radius 3 is 2.34 bits per heavy atom. The van der Waals surface area contributed by atoms with Crippen molar-refractivity contribution in [2.45, 2.75) is 91.4 Å². The molecular formula is C35H44N2O. The van der Waals surface area contributed by atoms with Gasteiger partial charge in [0.15, 0.2) is 5.78 Å². The maximum Gasteiger partial charge on any atom is 0.167 e. The van der Waals surface area contributed by atoms with Gasteiger partial charge in [0, 0.05) is 25.2 Å². The molecule has 38 heavy (non-hydrogen) atoms. The van der Waals surface area contributed by atoms with Crippen molar-refractivity contribution in [3.8, 4) is 11.3 Å². The summed E-state index contributed by atoms with van der Waals surface area (Å²) in [5.41, 5.74) is 9.95. The van der Waals surface area contributed by atoms with Gasteiger partial charge in [0.1, 0.15) is 0 Å². The maximum atomic E-state index is 12.9. The average molecular weight is 509 g/mol. The zero-order valence-corrected chi connectivity index (χ0v) is 23.6. The Hall–Kier alpha value is -3.07. The van der Waals surface area contributed by atoms with Crippen molar-refractivity contribution >= 4 is 11.9 Å². The second kappa shape index (κ2) is 11.8. The van der Waals surface area contributed by atoms with Gasteiger partial charge in [-0.15, -0.1) is 0 Å². The van der Waals surface area contributed by atoms with E-state index in [9.17, 15) is 4.79 Å². The molecule has 0 radical (unpaired) electrons. The quantitative estimate of drug-likeness (QED) is 0.333. The molecule has 6 rings (SSSR count). The van der Waals surface area contributed by atoms with Crippen LogP contribution in [0.5, 0.6) is 0 Å². The molecule has 200 valence electrons. The molecule has 2 aromatic carbocycles. The zero-order valence-electron chi connectivity index (χ0n) is 23.6. The Bertz CT molecular complexity index is 1330. The Morgan fingerprint density at radius 2 is 1.66 bits per heavy atom. The summed E-state index contributed by atoms with van der Waals surface area (Å²) in [6.45, 7) is 8.24. The van der Waals surface area contributed by atoms with Crippen LogP contribution in [-0.4, -0.2) is 15.8 Å². The normalized spacial score (nSPS) is 20.5. The van der Waals surface area contributed by atoms with E-state index in [0.29, 0.717) is 12.3 Å². The summed E-state index contributed by atoms with van der Waals surface area (Å²) in [6.07, 6.45) is 18.8. The van der Waals surface area contributed by atoms with Gasteiger partial charge in [0.05, 0.1) is 17.6 Å². The predicted molar refractivity (Wildman–Crippen MR) is 160 cm³/mol. The molecule has 3 nitrogen and oxygen atoms in total. The van der Waals surface area contributed by atoms with Crippen LogP contribution in [0.2, 0.25) is 0 Å². The monoisotopic (exact) mass is 508 g/mol. The number of carbonyl (C=O) groups is 1. The highest BCUT2D eigenvalue weighted by atomic mass is 16.1. The minimum Gasteiger partial charge on any atom is -0.294 e. The number of aryl methyl sites for hydroxylation is 2. The van der Waals surface area contributed by atoms with E-state index in [1.54, 1.807) is 6.20 Å². The molecule has 3 heteroatoms. The molecule has 0 saturated heterocycles. The minimum absolute atomic E-state index is 0. The Balaban J connectivity index is 0.00000115. The number of Topliss-reactive ketones (excluding diaryl/α,β-unsaturated/α-hetero) is 1. The van der Waals surface area contributed by atoms with E-state index in [-0.39, 0.29) is 7.21 Å². The molecule has 1 heterocycles. The lowest BCUT2D eigenvalue weighted by molar-refractivity contribution is 0.0993. The zero-order chi connectivity index (χ0) is 26.6. The molecule has 3 aliphatic rings. The largest absolute Gasteiger partial charge is 0.294 e. The highest BCUT2D eigenvalue weighted by Gasteiger charge is 2.29. The summed E-state index contributed by atoms with van der Waals surface area (Å²) in [4.78, 5) is 22.0. The van der Waals surface area contributed by atoms with Gasteiger partial charge in [0.25, 0.3) is 0 Å². The fraction of sp³-hybridized carbons (Fsp3) is 0.457. The third-order valence-corrected chi connectivity index (χ3v) is 8.56. The van der Waals surface area contributed by atoms with Gasteiger partial charge in [-0.2, -0.15) is 0 Å². The molecule has 2 saturated carbocycles. The van der Waals surface area contributed by atoms with Crippen molar-refractivity contribution in [1.29, 1.82) is 0 Å². The summed E-state index contributed by atoms with van der Waals surface area (Å²) in [5, 5.41) is 0. The molecule has 3 aliphatic carbocycles. The Morgan fingerprint density at radius 1 is 0.921 bits per heavy atom. The van der Waals surface area contributed by atoms with Crippen LogP contribution in [0.3, 0.4) is 0 Å². The number of allylic oxidation sites excluding steroid dienone is 1. The molecule has 0 unspecified atom stereocenters. The lowest BCUT2D eigenvalue weighted by Gasteiger charge is -2.30. The van der Waals surface area contributed by atoms with E-state index in [4.69, 9.17) is 0 Å². The number of fused-ring (bicyclic) bond motifs is 1. The summed E-state index contributed by atoms with van der Waals surface area (Å²) < 4.78 is 0. The Labute approximate surface area is 230 Å². The van der Waals surface area contributed by atoms with Gasteiger partial charge in [0.2, 0.25) is 0 Å². The molecule has 0 bridgehead atoms. The van der Waals surface area contributed by atoms with Crippen LogP contribution in [0.4, 0.5) is 0 Å². The molecule has 2 fully saturated rings. The Kier molecular flexibility index (Phi) is 8.21. The van der Waals surface area contributed by atoms with E-state index < -0.39 is 0 Å². The smallest absolute Gasteiger partial charge is 0.167 e. The first-order chi connectivity index (χ1) is 18.5. The molecule has 0 amide bonds. The van der Waals surface area contributed by atoms with Gasteiger partial charge >= 0.3 is 0 Å². The second-order valence-corrected chi connectivity index (χ2v) is 11.4. The lowest BCUT2D eigenvalue weighted by atomic mass is 9.75. The third-order valence-electron chi connectivity index (χ3n) is 8.56. The second-order valence-electron chi connectivity index (χ2n) is 11.4. The van der Waals surface area contributed by atoms with Crippen LogP contribution in [0, 0.1) is 25.7 Å². The topological polar surface area (TPSA) is 42.9 Å². The van der Waals surface area contributed by atoms with Gasteiger partial charge in [-0.05, 0) is 110 Å². The fourth-order valence-corrected chi connectivity index (χ4v) is 6.54. The number of benzene rings is 2. The van der Waals surface area contributed by atoms with Crippen molar-refractivity contribution in [2.75, 3.05) is 0 Å². The maximum absolute atomic E-state index is 12.9. The summed E-state index contributed by atoms with van der Waals surface area (Å²) in [6, 6.07) is 11.3. The first-order valence-electron chi connectivity index (χ1n) is 14.8. The number of carbonyl (C=O) groups excluding carboxylic acids is 1. The first-order valence-corrected chi connectivity index (χ1v) is 14.8. The minimum atomic E-state index is 0. The molecule has 1 aromatic heterocycles. The molecular weight excluding hydrogens is 464 g/mol. The molecule has 3 aromatic rings. The molecule has 0 N–H and O–H groups in total. The van der Waals surface area contributed by atoms with Gasteiger partial charge in [-0.1, -0.05) is 57.0 Å². The van der Waals surface area contributed by atoms with Crippen molar-refractivity contribution < 1.29 is 6.22 Å². The van der Waals surface area contributed by atoms with Crippen molar-refractivity contribution in [3.05, 3.63) is 87.9 Å². The van der Waals surface area contributed by atoms with Crippen LogP contribution in [0.15, 0.2) is 48.8 Å². The van der Waals surface area contributed by atoms with Gasteiger partial charge in [-0.25, -0.2) is 4.98 Å². The number of hydrogen-bond acceptors (Lipinski definition) is 3. The van der Waals surface area contributed by atoms with E-state index in [2.05, 4.69) is 53.3 Å². The third kappa shape index (κ3) is 5.98. The SMILES string of the molecule is CC.Cc1cncc(-c2cc3c(c(Cc4ccc(C5CCC(CC6CC6)CC5)c(C)c4)c2)C(=O)CC=C3)n1.[HH]. The van der Waals surface area contributed by atoms with Crippen LogP contribution in [0.1, 0.15) is 116 Å². The average Bonchev–Trinajstić information content (AvgIpc) is 3.74. The van der Waals surface area contributed by atoms with Crippen molar-refractivity contribution in [2.24, 2.45) is 11.8 Å². The van der Waals surface area contributed by atoms with E-state index in [1.807, 2.05) is 33.0 Å². The lowest BCUT2D eigenvalue weighted by Crippen LogP contribution is -2.15. The number of hydrogen-bond donors (Lipinski definition) is 0. The van der Waals surface area contributed by atoms with E-state index in [0.717, 1.165) is 51.9 Å². The number of rotatable bonds is 6. The van der Waals surface area contributed by atoms with E-state index in [1.165, 1.54) is 61.6 Å². The van der Waals surface area contributed by atoms with Crippen LogP contribution < -0.4 is 0 Å². The highest BCUT2D eigenvalue weighted by molar-refractivity contribution is 6.04. The van der Waals surface area contributed by atoms with Crippen molar-refractivity contribution in [1.82, 2.24) is 9.97 Å². The fourth-order valence-electron chi connectivity index (χ4n) is 6.54. The summed E-state index contributed by atoms with van der Waals surface area (Å²) in [7, 11) is 0. The molecule has 0 atom stereocenters. The van der Waals surface area contributed by atoms with Crippen LogP contribution in [0.25, 0.3) is 17.3 Å². The number of ketones is 1. The predicted octanol–water partition coefficient (Wildman–Crippen LogP) is 9.30. The van der Waals surface area contributed by atoms with Gasteiger partial charge in [-0.3, -0.25) is 9.78 Å².